The minimum Gasteiger partial charge on any atom is -0.351 e. The standard InChI is InChI=1S/C20H17NO.C2H6/c1-15-8-6-7-13-21(2)19-12-11-17(14-18(15)19)20(22)16-9-4-3-5-10-16;1-2/h3-14H,1H2,2H3;1-2H3/b8-6-,13-7-;. The molecule has 24 heavy (non-hydrogen) atoms. The summed E-state index contributed by atoms with van der Waals surface area (Å²) < 4.78 is 0. The Morgan fingerprint density at radius 2 is 1.67 bits per heavy atom. The minimum atomic E-state index is 0.0282. The van der Waals surface area contributed by atoms with Gasteiger partial charge in [0.1, 0.15) is 0 Å². The van der Waals surface area contributed by atoms with E-state index in [1.165, 1.54) is 0 Å². The summed E-state index contributed by atoms with van der Waals surface area (Å²) in [5.74, 6) is 0.0282. The Kier molecular flexibility index (Phi) is 5.91. The predicted molar refractivity (Wildman–Crippen MR) is 103 cm³/mol. The van der Waals surface area contributed by atoms with Gasteiger partial charge in [0.2, 0.25) is 0 Å². The molecular weight excluding hydrogens is 294 g/mol. The van der Waals surface area contributed by atoms with Gasteiger partial charge in [-0.15, -0.1) is 0 Å². The summed E-state index contributed by atoms with van der Waals surface area (Å²) >= 11 is 0. The molecule has 0 atom stereocenters. The molecule has 1 aliphatic rings. The molecule has 0 fully saturated rings. The van der Waals surface area contributed by atoms with Gasteiger partial charge < -0.3 is 4.90 Å². The maximum Gasteiger partial charge on any atom is 0.193 e. The summed E-state index contributed by atoms with van der Waals surface area (Å²) in [5.41, 5.74) is 4.29. The molecule has 0 saturated carbocycles. The van der Waals surface area contributed by atoms with Gasteiger partial charge >= 0.3 is 0 Å². The van der Waals surface area contributed by atoms with Gasteiger partial charge in [0.25, 0.3) is 0 Å². The van der Waals surface area contributed by atoms with Crippen molar-refractivity contribution in [3.05, 3.63) is 96.2 Å². The van der Waals surface area contributed by atoms with Crippen LogP contribution in [0.4, 0.5) is 5.69 Å². The van der Waals surface area contributed by atoms with Crippen LogP contribution >= 0.6 is 0 Å². The number of allylic oxidation sites excluding steroid dienone is 4. The van der Waals surface area contributed by atoms with E-state index < -0.39 is 0 Å². The molecule has 0 radical (unpaired) electrons. The van der Waals surface area contributed by atoms with Crippen molar-refractivity contribution in [2.45, 2.75) is 13.8 Å². The molecule has 0 saturated heterocycles. The highest BCUT2D eigenvalue weighted by Crippen LogP contribution is 2.30. The maximum atomic E-state index is 12.6. The zero-order chi connectivity index (χ0) is 17.5. The number of rotatable bonds is 2. The van der Waals surface area contributed by atoms with Gasteiger partial charge in [0.15, 0.2) is 5.78 Å². The maximum absolute atomic E-state index is 12.6. The molecule has 0 aliphatic carbocycles. The number of fused-ring (bicyclic) bond motifs is 1. The number of hydrogen-bond acceptors (Lipinski definition) is 2. The molecule has 122 valence electrons. The minimum absolute atomic E-state index is 0.0282. The second-order valence-electron chi connectivity index (χ2n) is 5.26. The monoisotopic (exact) mass is 317 g/mol. The largest absolute Gasteiger partial charge is 0.351 e. The van der Waals surface area contributed by atoms with Crippen LogP contribution in [0, 0.1) is 0 Å². The van der Waals surface area contributed by atoms with Crippen LogP contribution in [0.2, 0.25) is 0 Å². The van der Waals surface area contributed by atoms with Crippen LogP contribution in [0.3, 0.4) is 0 Å². The van der Waals surface area contributed by atoms with Crippen LogP contribution in [0.15, 0.2) is 79.5 Å². The van der Waals surface area contributed by atoms with Gasteiger partial charge in [0, 0.05) is 35.6 Å². The summed E-state index contributed by atoms with van der Waals surface area (Å²) in [4.78, 5) is 14.6. The molecule has 0 amide bonds. The Balaban J connectivity index is 0.00000100. The Labute approximate surface area is 144 Å². The number of hydrogen-bond donors (Lipinski definition) is 0. The summed E-state index contributed by atoms with van der Waals surface area (Å²) in [6.07, 6.45) is 7.87. The lowest BCUT2D eigenvalue weighted by Crippen LogP contribution is -2.12. The molecule has 0 N–H and O–H groups in total. The molecular formula is C22H23NO. The zero-order valence-corrected chi connectivity index (χ0v) is 14.5. The van der Waals surface area contributed by atoms with E-state index >= 15 is 0 Å². The Morgan fingerprint density at radius 3 is 2.38 bits per heavy atom. The van der Waals surface area contributed by atoms with Crippen molar-refractivity contribution in [2.75, 3.05) is 11.9 Å². The van der Waals surface area contributed by atoms with Gasteiger partial charge in [-0.3, -0.25) is 4.79 Å². The number of anilines is 1. The molecule has 2 aromatic rings. The number of nitrogens with zero attached hydrogens (tertiary/aromatic N) is 1. The van der Waals surface area contributed by atoms with E-state index in [4.69, 9.17) is 0 Å². The first-order valence-corrected chi connectivity index (χ1v) is 8.17. The number of ketones is 1. The van der Waals surface area contributed by atoms with Crippen molar-refractivity contribution in [1.29, 1.82) is 0 Å². The average Bonchev–Trinajstić information content (AvgIpc) is 2.65. The van der Waals surface area contributed by atoms with Gasteiger partial charge in [-0.1, -0.05) is 62.9 Å². The van der Waals surface area contributed by atoms with E-state index in [0.29, 0.717) is 11.1 Å². The van der Waals surface area contributed by atoms with Crippen molar-refractivity contribution in [2.24, 2.45) is 0 Å². The van der Waals surface area contributed by atoms with Crippen molar-refractivity contribution < 1.29 is 4.79 Å². The van der Waals surface area contributed by atoms with E-state index in [0.717, 1.165) is 16.8 Å². The number of benzene rings is 2. The van der Waals surface area contributed by atoms with Crippen LogP contribution < -0.4 is 4.90 Å². The fourth-order valence-electron chi connectivity index (χ4n) is 2.52. The molecule has 0 bridgehead atoms. The average molecular weight is 317 g/mol. The summed E-state index contributed by atoms with van der Waals surface area (Å²) in [6, 6.07) is 15.1. The summed E-state index contributed by atoms with van der Waals surface area (Å²) in [7, 11) is 1.99. The molecule has 2 nitrogen and oxygen atoms in total. The molecule has 0 spiro atoms. The third-order valence-electron chi connectivity index (χ3n) is 3.74. The summed E-state index contributed by atoms with van der Waals surface area (Å²) in [5, 5.41) is 0. The van der Waals surface area contributed by atoms with Crippen LogP contribution in [0.25, 0.3) is 5.57 Å². The highest BCUT2D eigenvalue weighted by molar-refractivity contribution is 6.09. The third-order valence-corrected chi connectivity index (χ3v) is 3.74. The number of carbonyl (C=O) groups excluding carboxylic acids is 1. The normalized spacial score (nSPS) is 15.3. The van der Waals surface area contributed by atoms with E-state index in [-0.39, 0.29) is 5.78 Å². The highest BCUT2D eigenvalue weighted by atomic mass is 16.1. The van der Waals surface area contributed by atoms with Gasteiger partial charge in [0.05, 0.1) is 0 Å². The van der Waals surface area contributed by atoms with Crippen LogP contribution in [-0.4, -0.2) is 12.8 Å². The van der Waals surface area contributed by atoms with Gasteiger partial charge in [-0.25, -0.2) is 0 Å². The van der Waals surface area contributed by atoms with E-state index in [1.54, 1.807) is 0 Å². The zero-order valence-electron chi connectivity index (χ0n) is 14.5. The Morgan fingerprint density at radius 1 is 0.958 bits per heavy atom. The first kappa shape index (κ1) is 17.5. The van der Waals surface area contributed by atoms with Crippen LogP contribution in [0.5, 0.6) is 0 Å². The first-order valence-electron chi connectivity index (χ1n) is 8.17. The van der Waals surface area contributed by atoms with Crippen LogP contribution in [-0.2, 0) is 0 Å². The lowest BCUT2D eigenvalue weighted by atomic mass is 9.96. The lowest BCUT2D eigenvalue weighted by molar-refractivity contribution is 0.103. The molecule has 0 unspecified atom stereocenters. The molecule has 2 aromatic carbocycles. The second-order valence-corrected chi connectivity index (χ2v) is 5.26. The molecule has 1 heterocycles. The lowest BCUT2D eigenvalue weighted by Gasteiger charge is -2.21. The van der Waals surface area contributed by atoms with Crippen molar-refractivity contribution in [3.63, 3.8) is 0 Å². The van der Waals surface area contributed by atoms with E-state index in [2.05, 4.69) is 6.58 Å². The molecule has 0 aromatic heterocycles. The number of carbonyl (C=O) groups is 1. The predicted octanol–water partition coefficient (Wildman–Crippen LogP) is 5.48. The van der Waals surface area contributed by atoms with Gasteiger partial charge in [-0.05, 0) is 29.8 Å². The SMILES string of the molecule is C=C1/C=C\C=C/N(C)c2ccc(C(=O)c3ccccc3)cc21.CC. The fraction of sp³-hybridized carbons (Fsp3) is 0.136. The Hall–Kier alpha value is -2.87. The highest BCUT2D eigenvalue weighted by Gasteiger charge is 2.14. The first-order chi connectivity index (χ1) is 11.7. The van der Waals surface area contributed by atoms with Crippen molar-refractivity contribution in [1.82, 2.24) is 0 Å². The molecule has 1 aliphatic heterocycles. The van der Waals surface area contributed by atoms with Crippen molar-refractivity contribution in [3.8, 4) is 0 Å². The van der Waals surface area contributed by atoms with E-state index in [1.807, 2.05) is 98.8 Å². The second kappa shape index (κ2) is 8.11. The third kappa shape index (κ3) is 3.72. The topological polar surface area (TPSA) is 20.3 Å². The smallest absolute Gasteiger partial charge is 0.193 e. The quantitative estimate of drug-likeness (QED) is 0.684. The molecule has 3 rings (SSSR count). The summed E-state index contributed by atoms with van der Waals surface area (Å²) in [6.45, 7) is 8.11. The van der Waals surface area contributed by atoms with Crippen molar-refractivity contribution >= 4 is 17.0 Å². The van der Waals surface area contributed by atoms with E-state index in [9.17, 15) is 4.79 Å². The van der Waals surface area contributed by atoms with Gasteiger partial charge in [-0.2, -0.15) is 0 Å². The van der Waals surface area contributed by atoms with Crippen LogP contribution in [0.1, 0.15) is 35.3 Å². The molecule has 2 heteroatoms. The Bertz CT molecular complexity index is 785. The fourth-order valence-corrected chi connectivity index (χ4v) is 2.52.